The number of carboxylic acids is 1. The van der Waals surface area contributed by atoms with Crippen LogP contribution in [0.3, 0.4) is 0 Å². The minimum absolute atomic E-state index is 0.247. The fourth-order valence-corrected chi connectivity index (χ4v) is 2.53. The molecule has 1 N–H and O–H groups in total. The summed E-state index contributed by atoms with van der Waals surface area (Å²) < 4.78 is 1.96. The first-order chi connectivity index (χ1) is 10.1. The quantitative estimate of drug-likeness (QED) is 0.779. The number of hydrogen-bond donors (Lipinski definition) is 1. The molecule has 0 saturated carbocycles. The predicted molar refractivity (Wildman–Crippen MR) is 79.2 cm³/mol. The van der Waals surface area contributed by atoms with Crippen molar-refractivity contribution in [3.63, 3.8) is 0 Å². The van der Waals surface area contributed by atoms with Gasteiger partial charge in [0, 0.05) is 6.20 Å². The average Bonchev–Trinajstić information content (AvgIpc) is 2.87. The molecule has 0 amide bonds. The second kappa shape index (κ2) is 4.80. The summed E-state index contributed by atoms with van der Waals surface area (Å²) in [6, 6.07) is 14.6. The molecule has 0 fully saturated rings. The summed E-state index contributed by atoms with van der Waals surface area (Å²) in [6.45, 7) is 1.97. The molecule has 0 bridgehead atoms. The van der Waals surface area contributed by atoms with Gasteiger partial charge in [-0.1, -0.05) is 18.2 Å². The number of benzene rings is 1. The van der Waals surface area contributed by atoms with E-state index in [1.807, 2.05) is 35.7 Å². The van der Waals surface area contributed by atoms with Gasteiger partial charge >= 0.3 is 5.97 Å². The van der Waals surface area contributed by atoms with E-state index >= 15 is 0 Å². The molecule has 1 aromatic carbocycles. The van der Waals surface area contributed by atoms with Crippen molar-refractivity contribution >= 4 is 11.5 Å². The highest BCUT2D eigenvalue weighted by Crippen LogP contribution is 2.28. The van der Waals surface area contributed by atoms with E-state index in [1.165, 1.54) is 0 Å². The van der Waals surface area contributed by atoms with Crippen LogP contribution < -0.4 is 0 Å². The molecule has 102 valence electrons. The number of aryl methyl sites for hydroxylation is 1. The summed E-state index contributed by atoms with van der Waals surface area (Å²) in [6.07, 6.45) is 1.91. The van der Waals surface area contributed by atoms with Gasteiger partial charge in [0.15, 0.2) is 0 Å². The third-order valence-electron chi connectivity index (χ3n) is 3.54. The highest BCUT2D eigenvalue weighted by Gasteiger charge is 2.12. The van der Waals surface area contributed by atoms with Crippen LogP contribution in [0.2, 0.25) is 0 Å². The summed E-state index contributed by atoms with van der Waals surface area (Å²) in [5.74, 6) is -0.949. The Hall–Kier alpha value is -3.06. The molecule has 0 saturated heterocycles. The molecule has 0 aliphatic heterocycles. The topological polar surface area (TPSA) is 65.5 Å². The zero-order valence-corrected chi connectivity index (χ0v) is 11.4. The van der Waals surface area contributed by atoms with Crippen LogP contribution in [-0.2, 0) is 0 Å². The van der Waals surface area contributed by atoms with Crippen molar-refractivity contribution in [1.29, 1.82) is 5.26 Å². The third kappa shape index (κ3) is 2.05. The van der Waals surface area contributed by atoms with E-state index < -0.39 is 5.97 Å². The van der Waals surface area contributed by atoms with Crippen molar-refractivity contribution in [2.24, 2.45) is 0 Å². The van der Waals surface area contributed by atoms with Crippen molar-refractivity contribution in [2.75, 3.05) is 0 Å². The number of carboxylic acid groups (broad SMARTS) is 1. The van der Waals surface area contributed by atoms with Gasteiger partial charge in [-0.05, 0) is 42.3 Å². The molecular formula is C17H12N2O2. The highest BCUT2D eigenvalue weighted by molar-refractivity contribution is 5.88. The Balaban J connectivity index is 2.24. The van der Waals surface area contributed by atoms with Crippen molar-refractivity contribution in [3.05, 3.63) is 65.4 Å². The van der Waals surface area contributed by atoms with E-state index in [1.54, 1.807) is 24.3 Å². The lowest BCUT2D eigenvalue weighted by Crippen LogP contribution is -1.95. The normalized spacial score (nSPS) is 10.5. The molecule has 0 radical (unpaired) electrons. The maximum atomic E-state index is 10.9. The monoisotopic (exact) mass is 276 g/mol. The Morgan fingerprint density at radius 2 is 1.95 bits per heavy atom. The van der Waals surface area contributed by atoms with Gasteiger partial charge < -0.3 is 9.51 Å². The highest BCUT2D eigenvalue weighted by atomic mass is 16.4. The Labute approximate surface area is 121 Å². The van der Waals surface area contributed by atoms with Gasteiger partial charge in [-0.25, -0.2) is 4.79 Å². The first-order valence-corrected chi connectivity index (χ1v) is 6.46. The maximum Gasteiger partial charge on any atom is 0.335 e. The summed E-state index contributed by atoms with van der Waals surface area (Å²) in [4.78, 5) is 10.9. The van der Waals surface area contributed by atoms with Crippen molar-refractivity contribution in [2.45, 2.75) is 6.92 Å². The standard InChI is InChI=1S/C17H12N2O2/c1-11-3-2-8-19-15(9-14(10-18)16(11)19)12-4-6-13(7-5-12)17(20)21/h2-9H,1H3,(H,20,21). The Kier molecular flexibility index (Phi) is 2.96. The molecule has 2 heterocycles. The molecule has 0 unspecified atom stereocenters. The van der Waals surface area contributed by atoms with E-state index in [0.717, 1.165) is 22.3 Å². The summed E-state index contributed by atoms with van der Waals surface area (Å²) in [5, 5.41) is 18.2. The fourth-order valence-electron chi connectivity index (χ4n) is 2.53. The second-order valence-corrected chi connectivity index (χ2v) is 4.85. The molecule has 2 aromatic heterocycles. The summed E-state index contributed by atoms with van der Waals surface area (Å²) >= 11 is 0. The van der Waals surface area contributed by atoms with Crippen LogP contribution in [0.1, 0.15) is 21.5 Å². The van der Waals surface area contributed by atoms with Gasteiger partial charge in [-0.2, -0.15) is 5.26 Å². The van der Waals surface area contributed by atoms with Gasteiger partial charge in [0.1, 0.15) is 6.07 Å². The average molecular weight is 276 g/mol. The van der Waals surface area contributed by atoms with Crippen LogP contribution in [0.4, 0.5) is 0 Å². The minimum Gasteiger partial charge on any atom is -0.478 e. The van der Waals surface area contributed by atoms with Crippen LogP contribution in [0.15, 0.2) is 48.7 Å². The molecule has 0 aliphatic carbocycles. The number of aromatic carboxylic acids is 1. The third-order valence-corrected chi connectivity index (χ3v) is 3.54. The Morgan fingerprint density at radius 3 is 2.57 bits per heavy atom. The molecule has 0 aliphatic rings. The molecule has 0 spiro atoms. The molecule has 3 aromatic rings. The van der Waals surface area contributed by atoms with Gasteiger partial charge in [-0.15, -0.1) is 0 Å². The van der Waals surface area contributed by atoms with Gasteiger partial charge in [0.25, 0.3) is 0 Å². The zero-order valence-electron chi connectivity index (χ0n) is 11.4. The molecule has 3 rings (SSSR count). The number of rotatable bonds is 2. The Morgan fingerprint density at radius 1 is 1.24 bits per heavy atom. The van der Waals surface area contributed by atoms with Crippen LogP contribution in [0, 0.1) is 18.3 Å². The smallest absolute Gasteiger partial charge is 0.335 e. The molecular weight excluding hydrogens is 264 g/mol. The van der Waals surface area contributed by atoms with Crippen LogP contribution in [0.25, 0.3) is 16.8 Å². The summed E-state index contributed by atoms with van der Waals surface area (Å²) in [7, 11) is 0. The molecule has 4 heteroatoms. The van der Waals surface area contributed by atoms with E-state index in [4.69, 9.17) is 5.11 Å². The summed E-state index contributed by atoms with van der Waals surface area (Å²) in [5.41, 5.74) is 4.53. The minimum atomic E-state index is -0.949. The fraction of sp³-hybridized carbons (Fsp3) is 0.0588. The first-order valence-electron chi connectivity index (χ1n) is 6.46. The van der Waals surface area contributed by atoms with Crippen LogP contribution in [-0.4, -0.2) is 15.5 Å². The Bertz CT molecular complexity index is 884. The van der Waals surface area contributed by atoms with E-state index in [2.05, 4.69) is 6.07 Å². The number of aromatic nitrogens is 1. The number of hydrogen-bond acceptors (Lipinski definition) is 2. The van der Waals surface area contributed by atoms with Gasteiger partial charge in [0.05, 0.1) is 22.3 Å². The van der Waals surface area contributed by atoms with Crippen molar-refractivity contribution in [1.82, 2.24) is 4.40 Å². The van der Waals surface area contributed by atoms with Crippen molar-refractivity contribution in [3.8, 4) is 17.3 Å². The largest absolute Gasteiger partial charge is 0.478 e. The van der Waals surface area contributed by atoms with Crippen LogP contribution >= 0.6 is 0 Å². The van der Waals surface area contributed by atoms with Gasteiger partial charge in [0.2, 0.25) is 0 Å². The van der Waals surface area contributed by atoms with E-state index in [9.17, 15) is 10.1 Å². The van der Waals surface area contributed by atoms with Crippen LogP contribution in [0.5, 0.6) is 0 Å². The number of fused-ring (bicyclic) bond motifs is 1. The lowest BCUT2D eigenvalue weighted by molar-refractivity contribution is 0.0697. The lowest BCUT2D eigenvalue weighted by atomic mass is 10.1. The number of nitriles is 1. The zero-order chi connectivity index (χ0) is 15.0. The molecule has 4 nitrogen and oxygen atoms in total. The number of carbonyl (C=O) groups is 1. The van der Waals surface area contributed by atoms with Crippen molar-refractivity contribution < 1.29 is 9.90 Å². The second-order valence-electron chi connectivity index (χ2n) is 4.85. The molecule has 0 atom stereocenters. The first kappa shape index (κ1) is 12.9. The SMILES string of the molecule is Cc1cccn2c(-c3ccc(C(=O)O)cc3)cc(C#N)c12. The number of pyridine rings is 1. The maximum absolute atomic E-state index is 10.9. The molecule has 21 heavy (non-hydrogen) atoms. The predicted octanol–water partition coefficient (Wildman–Crippen LogP) is 3.48. The van der Waals surface area contributed by atoms with Gasteiger partial charge in [-0.3, -0.25) is 0 Å². The van der Waals surface area contributed by atoms with E-state index in [0.29, 0.717) is 5.56 Å². The lowest BCUT2D eigenvalue weighted by Gasteiger charge is -2.05. The van der Waals surface area contributed by atoms with E-state index in [-0.39, 0.29) is 5.56 Å². The number of nitrogens with zero attached hydrogens (tertiary/aromatic N) is 2.